The highest BCUT2D eigenvalue weighted by Crippen LogP contribution is 2.36. The van der Waals surface area contributed by atoms with E-state index in [1.807, 2.05) is 0 Å². The van der Waals surface area contributed by atoms with Crippen LogP contribution in [0.3, 0.4) is 0 Å². The summed E-state index contributed by atoms with van der Waals surface area (Å²) in [7, 11) is -4.33. The van der Waals surface area contributed by atoms with Crippen molar-refractivity contribution in [3.8, 4) is 5.88 Å². The Morgan fingerprint density at radius 2 is 2.00 bits per heavy atom. The first-order valence-corrected chi connectivity index (χ1v) is 18.0. The van der Waals surface area contributed by atoms with E-state index in [9.17, 15) is 13.5 Å². The van der Waals surface area contributed by atoms with Gasteiger partial charge in [0, 0.05) is 20.4 Å². The molecular weight excluding hydrogens is 579 g/mol. The van der Waals surface area contributed by atoms with Gasteiger partial charge >= 0.3 is 0 Å². The molecule has 1 unspecified atom stereocenters. The van der Waals surface area contributed by atoms with Crippen LogP contribution >= 0.6 is 35.0 Å². The Kier molecular flexibility index (Phi) is 10.3. The number of sulfonamides is 1. The molecule has 10 nitrogen and oxygen atoms in total. The highest BCUT2D eigenvalue weighted by molar-refractivity contribution is 7.99. The van der Waals surface area contributed by atoms with Crippen LogP contribution in [-0.2, 0) is 14.8 Å². The molecule has 0 radical (unpaired) electrons. The summed E-state index contributed by atoms with van der Waals surface area (Å²) in [5.41, 5.74) is 0. The molecule has 3 rings (SSSR count). The number of nitrogens with zero attached hydrogens (tertiary/aromatic N) is 4. The number of thioether (sulfide) groups is 1. The molecule has 0 amide bonds. The zero-order valence-corrected chi connectivity index (χ0v) is 24.9. The fourth-order valence-corrected chi connectivity index (χ4v) is 6.48. The number of halogens is 2. The molecular formula is C22H28Cl2N4O6S2Si. The van der Waals surface area contributed by atoms with E-state index < -0.39 is 24.2 Å². The number of ether oxygens (including phenoxy) is 2. The maximum Gasteiger partial charge on any atom is 0.269 e. The molecule has 0 spiro atoms. The van der Waals surface area contributed by atoms with E-state index in [0.29, 0.717) is 11.6 Å². The molecule has 1 atom stereocenters. The summed E-state index contributed by atoms with van der Waals surface area (Å²) in [6.45, 7) is 6.62. The van der Waals surface area contributed by atoms with Crippen LogP contribution < -0.4 is 9.04 Å². The smallest absolute Gasteiger partial charge is 0.269 e. The van der Waals surface area contributed by atoms with Gasteiger partial charge in [0.1, 0.15) is 29.0 Å². The highest BCUT2D eigenvalue weighted by atomic mass is 35.5. The lowest BCUT2D eigenvalue weighted by molar-refractivity contribution is 0.155. The third kappa shape index (κ3) is 7.82. The monoisotopic (exact) mass is 606 g/mol. The molecule has 0 fully saturated rings. The number of anilines is 1. The number of oxazole rings is 1. The zero-order valence-electron chi connectivity index (χ0n) is 20.7. The Bertz CT molecular complexity index is 1290. The van der Waals surface area contributed by atoms with Crippen molar-refractivity contribution >= 4 is 58.9 Å². The predicted octanol–water partition coefficient (Wildman–Crippen LogP) is 5.11. The second kappa shape index (κ2) is 12.8. The largest absolute Gasteiger partial charge is 0.478 e. The topological polar surface area (TPSA) is 128 Å². The molecule has 3 aromatic rings. The van der Waals surface area contributed by atoms with Gasteiger partial charge in [-0.05, 0) is 18.2 Å². The van der Waals surface area contributed by atoms with E-state index in [-0.39, 0.29) is 45.0 Å². The van der Waals surface area contributed by atoms with Crippen molar-refractivity contribution in [3.05, 3.63) is 52.8 Å². The average Bonchev–Trinajstić information content (AvgIpc) is 3.38. The van der Waals surface area contributed by atoms with Crippen molar-refractivity contribution in [1.29, 1.82) is 0 Å². The van der Waals surface area contributed by atoms with E-state index in [1.54, 1.807) is 0 Å². The van der Waals surface area contributed by atoms with Gasteiger partial charge in [-0.3, -0.25) is 0 Å². The van der Waals surface area contributed by atoms with E-state index >= 15 is 0 Å². The Balaban J connectivity index is 1.91. The third-order valence-electron chi connectivity index (χ3n) is 4.94. The normalized spacial score (nSPS) is 12.9. The Morgan fingerprint density at radius 3 is 2.65 bits per heavy atom. The lowest BCUT2D eigenvalue weighted by Crippen LogP contribution is -2.35. The molecule has 1 N–H and O–H groups in total. The minimum absolute atomic E-state index is 0.0499. The minimum Gasteiger partial charge on any atom is -0.478 e. The van der Waals surface area contributed by atoms with Crippen LogP contribution in [0.2, 0.25) is 35.7 Å². The van der Waals surface area contributed by atoms with Crippen molar-refractivity contribution < 1.29 is 27.4 Å². The van der Waals surface area contributed by atoms with Crippen LogP contribution in [0.4, 0.5) is 5.82 Å². The molecule has 0 aliphatic carbocycles. The van der Waals surface area contributed by atoms with Gasteiger partial charge in [0.2, 0.25) is 11.7 Å². The van der Waals surface area contributed by atoms with Gasteiger partial charge < -0.3 is 19.0 Å². The quantitative estimate of drug-likeness (QED) is 0.121. The fraction of sp³-hybridized carbons (Fsp3) is 0.409. The van der Waals surface area contributed by atoms with Gasteiger partial charge in [0.05, 0.1) is 29.5 Å². The Hall–Kier alpha value is -1.87. The molecule has 0 saturated carbocycles. The summed E-state index contributed by atoms with van der Waals surface area (Å²) < 4.78 is 44.7. The first-order chi connectivity index (χ1) is 17.4. The number of aliphatic hydroxyl groups excluding tert-OH is 1. The molecule has 1 aromatic carbocycles. The van der Waals surface area contributed by atoms with Crippen LogP contribution in [0.25, 0.3) is 0 Å². The Labute approximate surface area is 231 Å². The van der Waals surface area contributed by atoms with Crippen LogP contribution in [0, 0.1) is 0 Å². The number of benzene rings is 1. The van der Waals surface area contributed by atoms with Crippen molar-refractivity contribution in [2.24, 2.45) is 0 Å². The summed E-state index contributed by atoms with van der Waals surface area (Å²) in [4.78, 5) is 12.4. The molecule has 0 aliphatic rings. The first-order valence-electron chi connectivity index (χ1n) is 11.1. The van der Waals surface area contributed by atoms with Crippen LogP contribution in [0.5, 0.6) is 5.88 Å². The number of methoxy groups -OCH3 is 1. The fourth-order valence-electron chi connectivity index (χ4n) is 2.93. The van der Waals surface area contributed by atoms with Gasteiger partial charge in [-0.1, -0.05) is 48.9 Å². The summed E-state index contributed by atoms with van der Waals surface area (Å²) in [6, 6.07) is 5.18. The van der Waals surface area contributed by atoms with E-state index in [0.717, 1.165) is 10.3 Å². The van der Waals surface area contributed by atoms with Gasteiger partial charge in [0.25, 0.3) is 15.9 Å². The SMILES string of the molecule is COc1nc(SCC(O)c2ncco2)cnc1N(COCC[Si](C)(C)C)S(=O)(=O)c1cccc(Cl)c1Cl. The van der Waals surface area contributed by atoms with E-state index in [1.165, 1.54) is 55.7 Å². The van der Waals surface area contributed by atoms with Crippen molar-refractivity contribution in [3.63, 3.8) is 0 Å². The second-order valence-corrected chi connectivity index (χ2v) is 18.3. The maximum absolute atomic E-state index is 13.7. The summed E-state index contributed by atoms with van der Waals surface area (Å²) in [5.74, 6) is 0.225. The van der Waals surface area contributed by atoms with Crippen LogP contribution in [0.15, 0.2) is 51.2 Å². The number of hydrogen-bond acceptors (Lipinski definition) is 10. The van der Waals surface area contributed by atoms with Crippen molar-refractivity contribution in [2.75, 3.05) is 30.5 Å². The van der Waals surface area contributed by atoms with E-state index in [2.05, 4.69) is 34.6 Å². The summed E-state index contributed by atoms with van der Waals surface area (Å²) in [5, 5.41) is 10.6. The van der Waals surface area contributed by atoms with Gasteiger partial charge in [-0.15, -0.1) is 11.8 Å². The van der Waals surface area contributed by atoms with Gasteiger partial charge in [-0.2, -0.15) is 0 Å². The van der Waals surface area contributed by atoms with Crippen LogP contribution in [-0.4, -0.2) is 62.8 Å². The summed E-state index contributed by atoms with van der Waals surface area (Å²) >= 11 is 13.5. The number of aromatic nitrogens is 3. The van der Waals surface area contributed by atoms with Crippen LogP contribution in [0.1, 0.15) is 12.0 Å². The lowest BCUT2D eigenvalue weighted by atomic mass is 10.4. The molecule has 15 heteroatoms. The molecule has 202 valence electrons. The number of aliphatic hydroxyl groups is 1. The molecule has 0 bridgehead atoms. The second-order valence-electron chi connectivity index (χ2n) is 8.99. The van der Waals surface area contributed by atoms with Gasteiger partial charge in [0.15, 0.2) is 0 Å². The summed E-state index contributed by atoms with van der Waals surface area (Å²) in [6.07, 6.45) is 3.23. The van der Waals surface area contributed by atoms with Crippen molar-refractivity contribution in [2.45, 2.75) is 41.7 Å². The molecule has 37 heavy (non-hydrogen) atoms. The predicted molar refractivity (Wildman–Crippen MR) is 146 cm³/mol. The Morgan fingerprint density at radius 1 is 1.24 bits per heavy atom. The molecule has 0 aliphatic heterocycles. The standard InChI is InChI=1S/C22H28Cl2N4O6S2Si/c1-32-22-20(26-12-18(27-22)35-13-16(29)21-25-8-9-34-21)28(14-33-10-11-37(2,3)4)36(30,31)17-7-5-6-15(23)19(17)24/h5-9,12,16,29H,10-11,13-14H2,1-4H3. The highest BCUT2D eigenvalue weighted by Gasteiger charge is 2.32. The third-order valence-corrected chi connectivity index (χ3v) is 10.3. The van der Waals surface area contributed by atoms with Gasteiger partial charge in [-0.25, -0.2) is 27.7 Å². The minimum atomic E-state index is -4.27. The first kappa shape index (κ1) is 29.7. The maximum atomic E-state index is 13.7. The number of hydrogen-bond donors (Lipinski definition) is 1. The molecule has 2 heterocycles. The number of rotatable bonds is 13. The average molecular weight is 608 g/mol. The lowest BCUT2D eigenvalue weighted by Gasteiger charge is -2.25. The van der Waals surface area contributed by atoms with Crippen molar-refractivity contribution in [1.82, 2.24) is 15.0 Å². The molecule has 2 aromatic heterocycles. The molecule has 0 saturated heterocycles. The van der Waals surface area contributed by atoms with E-state index in [4.69, 9.17) is 37.1 Å². The zero-order chi connectivity index (χ0) is 27.2.